The van der Waals surface area contributed by atoms with Crippen LogP contribution in [0.5, 0.6) is 0 Å². The summed E-state index contributed by atoms with van der Waals surface area (Å²) in [6, 6.07) is 6.49. The van der Waals surface area contributed by atoms with E-state index in [4.69, 9.17) is 0 Å². The highest BCUT2D eigenvalue weighted by atomic mass is 32.2. The maximum absolute atomic E-state index is 13.4. The lowest BCUT2D eigenvalue weighted by Gasteiger charge is -2.08. The molecule has 2 aromatic carbocycles. The molecule has 0 nitrogen and oxygen atoms in total. The largest absolute Gasteiger partial charge is 0.202 e. The molecule has 19 heavy (non-hydrogen) atoms. The van der Waals surface area contributed by atoms with Crippen molar-refractivity contribution in [1.82, 2.24) is 0 Å². The Hall–Kier alpha value is -1.50. The van der Waals surface area contributed by atoms with Crippen molar-refractivity contribution in [2.45, 2.75) is 9.79 Å². The summed E-state index contributed by atoms with van der Waals surface area (Å²) >= 11 is 0.495. The van der Waals surface area contributed by atoms with E-state index in [-0.39, 0.29) is 0 Å². The topological polar surface area (TPSA) is 0 Å². The van der Waals surface area contributed by atoms with Gasteiger partial charge in [-0.05, 0) is 6.07 Å². The van der Waals surface area contributed by atoms with Gasteiger partial charge in [-0.2, -0.15) is 0 Å². The van der Waals surface area contributed by atoms with E-state index in [0.717, 1.165) is 5.46 Å². The third-order valence-electron chi connectivity index (χ3n) is 2.38. The Morgan fingerprint density at radius 1 is 0.789 bits per heavy atom. The maximum Gasteiger partial charge on any atom is 0.200 e. The van der Waals surface area contributed by atoms with Gasteiger partial charge in [-0.1, -0.05) is 35.4 Å². The van der Waals surface area contributed by atoms with Gasteiger partial charge in [-0.15, -0.1) is 0 Å². The van der Waals surface area contributed by atoms with E-state index in [9.17, 15) is 22.0 Å². The van der Waals surface area contributed by atoms with Gasteiger partial charge in [0.05, 0.1) is 4.90 Å². The molecule has 0 unspecified atom stereocenters. The van der Waals surface area contributed by atoms with Crippen molar-refractivity contribution >= 4 is 25.1 Å². The summed E-state index contributed by atoms with van der Waals surface area (Å²) in [6.07, 6.45) is 0. The summed E-state index contributed by atoms with van der Waals surface area (Å²) in [5, 5.41) is 0. The van der Waals surface area contributed by atoms with Gasteiger partial charge in [0.25, 0.3) is 0 Å². The van der Waals surface area contributed by atoms with Crippen LogP contribution in [0.25, 0.3) is 0 Å². The monoisotopic (exact) mass is 288 g/mol. The van der Waals surface area contributed by atoms with Crippen LogP contribution in [-0.4, -0.2) is 7.85 Å². The molecule has 0 amide bonds. The third kappa shape index (κ3) is 2.61. The Labute approximate surface area is 111 Å². The average Bonchev–Trinajstić information content (AvgIpc) is 2.39. The first-order valence-corrected chi connectivity index (χ1v) is 5.99. The zero-order valence-corrected chi connectivity index (χ0v) is 10.4. The fourth-order valence-corrected chi connectivity index (χ4v) is 2.46. The van der Waals surface area contributed by atoms with Crippen LogP contribution in [0.2, 0.25) is 0 Å². The molecule has 2 aromatic rings. The van der Waals surface area contributed by atoms with E-state index in [0.29, 0.717) is 16.7 Å². The number of benzene rings is 2. The van der Waals surface area contributed by atoms with Crippen LogP contribution in [0.3, 0.4) is 0 Å². The molecule has 7 heteroatoms. The summed E-state index contributed by atoms with van der Waals surface area (Å²) in [6.45, 7) is 0. The Balaban J connectivity index is 2.52. The standard InChI is InChI=1S/C12H6BF5S/c13-5-2-1-3-6(4-5)19-12-10(17)8(15)7(14)9(16)11(12)18/h1-4H,13H2. The Morgan fingerprint density at radius 2 is 1.32 bits per heavy atom. The minimum absolute atomic E-state index is 0.392. The van der Waals surface area contributed by atoms with Crippen molar-refractivity contribution < 1.29 is 22.0 Å². The molecule has 0 aliphatic heterocycles. The lowest BCUT2D eigenvalue weighted by molar-refractivity contribution is 0.361. The van der Waals surface area contributed by atoms with E-state index in [2.05, 4.69) is 0 Å². The number of halogens is 5. The van der Waals surface area contributed by atoms with Crippen LogP contribution in [0.15, 0.2) is 34.1 Å². The maximum atomic E-state index is 13.4. The first kappa shape index (κ1) is 13.9. The van der Waals surface area contributed by atoms with E-state index in [1.165, 1.54) is 6.07 Å². The quantitative estimate of drug-likeness (QED) is 0.354. The van der Waals surface area contributed by atoms with Gasteiger partial charge in [-0.3, -0.25) is 0 Å². The summed E-state index contributed by atoms with van der Waals surface area (Å²) in [4.78, 5) is -0.509. The lowest BCUT2D eigenvalue weighted by atomic mass is 9.97. The minimum Gasteiger partial charge on any atom is -0.202 e. The highest BCUT2D eigenvalue weighted by Crippen LogP contribution is 2.35. The molecule has 0 saturated carbocycles. The summed E-state index contributed by atoms with van der Waals surface area (Å²) in [7, 11) is 1.75. The van der Waals surface area contributed by atoms with Gasteiger partial charge in [0.15, 0.2) is 23.3 Å². The fourth-order valence-electron chi connectivity index (χ4n) is 1.47. The molecule has 2 rings (SSSR count). The third-order valence-corrected chi connectivity index (χ3v) is 3.43. The predicted molar refractivity (Wildman–Crippen MR) is 65.0 cm³/mol. The molecule has 98 valence electrons. The molecule has 0 aromatic heterocycles. The average molecular weight is 288 g/mol. The number of hydrogen-bond donors (Lipinski definition) is 0. The molecule has 0 fully saturated rings. The van der Waals surface area contributed by atoms with Crippen LogP contribution < -0.4 is 5.46 Å². The zero-order valence-electron chi connectivity index (χ0n) is 9.61. The lowest BCUT2D eigenvalue weighted by Crippen LogP contribution is -2.04. The van der Waals surface area contributed by atoms with Crippen LogP contribution in [-0.2, 0) is 0 Å². The molecule has 0 atom stereocenters. The van der Waals surface area contributed by atoms with Gasteiger partial charge in [0.1, 0.15) is 7.85 Å². The Morgan fingerprint density at radius 3 is 1.84 bits per heavy atom. The fraction of sp³-hybridized carbons (Fsp3) is 0. The summed E-state index contributed by atoms with van der Waals surface area (Å²) < 4.78 is 65.8. The Kier molecular flexibility index (Phi) is 3.84. The molecule has 0 heterocycles. The molecule has 0 radical (unpaired) electrons. The number of hydrogen-bond acceptors (Lipinski definition) is 1. The van der Waals surface area contributed by atoms with E-state index in [1.807, 2.05) is 0 Å². The van der Waals surface area contributed by atoms with Gasteiger partial charge < -0.3 is 0 Å². The van der Waals surface area contributed by atoms with Crippen molar-refractivity contribution in [1.29, 1.82) is 0 Å². The number of rotatable bonds is 2. The molecule has 0 spiro atoms. The minimum atomic E-state index is -2.15. The SMILES string of the molecule is Bc1cccc(Sc2c(F)c(F)c(F)c(F)c2F)c1. The van der Waals surface area contributed by atoms with Crippen LogP contribution in [0, 0.1) is 29.1 Å². The molecular formula is C12H6BF5S. The van der Waals surface area contributed by atoms with Crippen LogP contribution in [0.1, 0.15) is 0 Å². The van der Waals surface area contributed by atoms with Gasteiger partial charge >= 0.3 is 0 Å². The van der Waals surface area contributed by atoms with Crippen molar-refractivity contribution in [2.24, 2.45) is 0 Å². The second-order valence-electron chi connectivity index (χ2n) is 3.82. The van der Waals surface area contributed by atoms with Crippen LogP contribution in [0.4, 0.5) is 22.0 Å². The highest BCUT2D eigenvalue weighted by molar-refractivity contribution is 7.99. The summed E-state index contributed by atoms with van der Waals surface area (Å²) in [5.74, 6) is -9.66. The molecule has 0 N–H and O–H groups in total. The normalized spacial score (nSPS) is 10.8. The Bertz CT molecular complexity index is 615. The molecular weight excluding hydrogens is 282 g/mol. The van der Waals surface area contributed by atoms with Gasteiger partial charge in [0.2, 0.25) is 5.82 Å². The predicted octanol–water partition coefficient (Wildman–Crippen LogP) is 2.79. The zero-order chi connectivity index (χ0) is 14.2. The van der Waals surface area contributed by atoms with Crippen molar-refractivity contribution in [3.8, 4) is 0 Å². The second kappa shape index (κ2) is 5.24. The second-order valence-corrected chi connectivity index (χ2v) is 4.90. The summed E-state index contributed by atoms with van der Waals surface area (Å²) in [5.41, 5.74) is 0.814. The van der Waals surface area contributed by atoms with Crippen molar-refractivity contribution in [3.63, 3.8) is 0 Å². The van der Waals surface area contributed by atoms with Crippen molar-refractivity contribution in [3.05, 3.63) is 53.4 Å². The van der Waals surface area contributed by atoms with Crippen molar-refractivity contribution in [2.75, 3.05) is 0 Å². The molecule has 0 saturated heterocycles. The first-order valence-electron chi connectivity index (χ1n) is 5.17. The van der Waals surface area contributed by atoms with Crippen LogP contribution >= 0.6 is 11.8 Å². The van der Waals surface area contributed by atoms with E-state index in [1.54, 1.807) is 26.0 Å². The van der Waals surface area contributed by atoms with Gasteiger partial charge in [0, 0.05) is 4.90 Å². The van der Waals surface area contributed by atoms with E-state index >= 15 is 0 Å². The molecule has 0 bridgehead atoms. The first-order chi connectivity index (χ1) is 8.91. The van der Waals surface area contributed by atoms with E-state index < -0.39 is 34.0 Å². The highest BCUT2D eigenvalue weighted by Gasteiger charge is 2.26. The van der Waals surface area contributed by atoms with Gasteiger partial charge in [-0.25, -0.2) is 22.0 Å². The molecule has 0 aliphatic carbocycles. The molecule has 0 aliphatic rings. The smallest absolute Gasteiger partial charge is 0.200 e.